The standard InChI is InChI=1S/C12H21F2NO/c1-10(2,3)16-9-11-5-4-6-15(11)8-12(13,14)7-11/h4-9H2,1-3H3/t11-/m1/s1. The lowest BCUT2D eigenvalue weighted by Gasteiger charge is -2.34. The van der Waals surface area contributed by atoms with E-state index >= 15 is 0 Å². The van der Waals surface area contributed by atoms with Gasteiger partial charge in [-0.05, 0) is 40.2 Å². The summed E-state index contributed by atoms with van der Waals surface area (Å²) in [7, 11) is 0. The van der Waals surface area contributed by atoms with Crippen molar-refractivity contribution in [3.8, 4) is 0 Å². The summed E-state index contributed by atoms with van der Waals surface area (Å²) >= 11 is 0. The average Bonchev–Trinajstić information content (AvgIpc) is 2.52. The quantitative estimate of drug-likeness (QED) is 0.727. The monoisotopic (exact) mass is 233 g/mol. The smallest absolute Gasteiger partial charge is 0.262 e. The van der Waals surface area contributed by atoms with Crippen LogP contribution in [-0.2, 0) is 4.74 Å². The number of fused-ring (bicyclic) bond motifs is 1. The lowest BCUT2D eigenvalue weighted by molar-refractivity contribution is -0.0558. The summed E-state index contributed by atoms with van der Waals surface area (Å²) < 4.78 is 32.6. The molecule has 2 saturated heterocycles. The molecule has 0 aromatic rings. The van der Waals surface area contributed by atoms with Gasteiger partial charge >= 0.3 is 0 Å². The Hall–Kier alpha value is -0.220. The molecule has 0 saturated carbocycles. The number of halogens is 2. The van der Waals surface area contributed by atoms with E-state index in [2.05, 4.69) is 0 Å². The molecule has 1 atom stereocenters. The van der Waals surface area contributed by atoms with E-state index in [1.54, 1.807) is 0 Å². The number of hydrogen-bond acceptors (Lipinski definition) is 2. The minimum Gasteiger partial charge on any atom is -0.374 e. The van der Waals surface area contributed by atoms with Crippen LogP contribution in [0.4, 0.5) is 8.78 Å². The molecule has 0 spiro atoms. The highest BCUT2D eigenvalue weighted by Crippen LogP contribution is 2.46. The van der Waals surface area contributed by atoms with Gasteiger partial charge in [0.05, 0.1) is 24.3 Å². The van der Waals surface area contributed by atoms with E-state index in [4.69, 9.17) is 4.74 Å². The van der Waals surface area contributed by atoms with Crippen molar-refractivity contribution in [2.45, 2.75) is 57.1 Å². The highest BCUT2D eigenvalue weighted by molar-refractivity contribution is 5.06. The van der Waals surface area contributed by atoms with Gasteiger partial charge < -0.3 is 4.74 Å². The summed E-state index contributed by atoms with van der Waals surface area (Å²) in [5.74, 6) is -2.53. The first-order valence-electron chi connectivity index (χ1n) is 5.99. The summed E-state index contributed by atoms with van der Waals surface area (Å²) in [6.45, 7) is 7.05. The van der Waals surface area contributed by atoms with E-state index in [0.717, 1.165) is 19.4 Å². The van der Waals surface area contributed by atoms with E-state index < -0.39 is 11.5 Å². The first-order valence-corrected chi connectivity index (χ1v) is 5.99. The summed E-state index contributed by atoms with van der Waals surface area (Å²) in [5, 5.41) is 0. The van der Waals surface area contributed by atoms with Crippen LogP contribution in [0.3, 0.4) is 0 Å². The van der Waals surface area contributed by atoms with Gasteiger partial charge in [0.2, 0.25) is 0 Å². The predicted molar refractivity (Wildman–Crippen MR) is 58.8 cm³/mol. The van der Waals surface area contributed by atoms with Crippen molar-refractivity contribution in [3.05, 3.63) is 0 Å². The topological polar surface area (TPSA) is 12.5 Å². The molecule has 0 aromatic carbocycles. The van der Waals surface area contributed by atoms with Crippen molar-refractivity contribution < 1.29 is 13.5 Å². The van der Waals surface area contributed by atoms with Crippen molar-refractivity contribution in [3.63, 3.8) is 0 Å². The van der Waals surface area contributed by atoms with Gasteiger partial charge in [0.15, 0.2) is 0 Å². The molecular weight excluding hydrogens is 212 g/mol. The second-order valence-electron chi connectivity index (χ2n) is 6.18. The zero-order chi connectivity index (χ0) is 12.0. The number of alkyl halides is 2. The van der Waals surface area contributed by atoms with Crippen LogP contribution in [-0.4, -0.2) is 41.7 Å². The van der Waals surface area contributed by atoms with Crippen LogP contribution in [0, 0.1) is 0 Å². The molecule has 2 aliphatic heterocycles. The molecule has 2 heterocycles. The Balaban J connectivity index is 2.05. The molecule has 0 N–H and O–H groups in total. The third kappa shape index (κ3) is 2.38. The van der Waals surface area contributed by atoms with Crippen LogP contribution >= 0.6 is 0 Å². The average molecular weight is 233 g/mol. The molecule has 0 bridgehead atoms. The molecule has 2 aliphatic rings. The van der Waals surface area contributed by atoms with E-state index in [9.17, 15) is 8.78 Å². The largest absolute Gasteiger partial charge is 0.374 e. The van der Waals surface area contributed by atoms with Gasteiger partial charge in [-0.1, -0.05) is 0 Å². The molecule has 2 nitrogen and oxygen atoms in total. The third-order valence-electron chi connectivity index (χ3n) is 3.52. The number of nitrogens with zero attached hydrogens (tertiary/aromatic N) is 1. The van der Waals surface area contributed by atoms with Crippen molar-refractivity contribution in [1.29, 1.82) is 0 Å². The molecule has 16 heavy (non-hydrogen) atoms. The van der Waals surface area contributed by atoms with Crippen LogP contribution in [0.25, 0.3) is 0 Å². The van der Waals surface area contributed by atoms with Crippen LogP contribution < -0.4 is 0 Å². The zero-order valence-electron chi connectivity index (χ0n) is 10.4. The highest BCUT2D eigenvalue weighted by Gasteiger charge is 2.56. The summed E-state index contributed by atoms with van der Waals surface area (Å²) in [4.78, 5) is 1.93. The molecule has 0 amide bonds. The maximum Gasteiger partial charge on any atom is 0.262 e. The number of hydrogen-bond donors (Lipinski definition) is 0. The Bertz CT molecular complexity index is 275. The first-order chi connectivity index (χ1) is 7.23. The minimum atomic E-state index is -2.53. The van der Waals surface area contributed by atoms with E-state index in [-0.39, 0.29) is 18.6 Å². The zero-order valence-corrected chi connectivity index (χ0v) is 10.4. The molecule has 4 heteroatoms. The van der Waals surface area contributed by atoms with Gasteiger partial charge in [-0.2, -0.15) is 0 Å². The molecule has 0 aromatic heterocycles. The molecule has 2 fully saturated rings. The fourth-order valence-electron chi connectivity index (χ4n) is 2.82. The highest BCUT2D eigenvalue weighted by atomic mass is 19.3. The van der Waals surface area contributed by atoms with Gasteiger partial charge in [-0.15, -0.1) is 0 Å². The van der Waals surface area contributed by atoms with Gasteiger partial charge in [0, 0.05) is 6.42 Å². The fraction of sp³-hybridized carbons (Fsp3) is 1.00. The fourth-order valence-corrected chi connectivity index (χ4v) is 2.82. The van der Waals surface area contributed by atoms with Crippen molar-refractivity contribution in [1.82, 2.24) is 4.90 Å². The van der Waals surface area contributed by atoms with Crippen LogP contribution in [0.1, 0.15) is 40.0 Å². The van der Waals surface area contributed by atoms with Crippen LogP contribution in [0.15, 0.2) is 0 Å². The Morgan fingerprint density at radius 1 is 1.31 bits per heavy atom. The molecule has 0 radical (unpaired) electrons. The SMILES string of the molecule is CC(C)(C)OC[C@]12CCCN1CC(F)(F)C2. The molecule has 2 rings (SSSR count). The number of rotatable bonds is 2. The second kappa shape index (κ2) is 3.64. The predicted octanol–water partition coefficient (Wildman–Crippen LogP) is 2.68. The van der Waals surface area contributed by atoms with E-state index in [1.165, 1.54) is 0 Å². The minimum absolute atomic E-state index is 0.0317. The van der Waals surface area contributed by atoms with Gasteiger partial charge in [0.25, 0.3) is 5.92 Å². The van der Waals surface area contributed by atoms with Gasteiger partial charge in [0.1, 0.15) is 0 Å². The van der Waals surface area contributed by atoms with Crippen LogP contribution in [0.2, 0.25) is 0 Å². The van der Waals surface area contributed by atoms with Crippen molar-refractivity contribution in [2.24, 2.45) is 0 Å². The van der Waals surface area contributed by atoms with E-state index in [1.807, 2.05) is 25.7 Å². The Morgan fingerprint density at radius 3 is 2.62 bits per heavy atom. The maximum absolute atomic E-state index is 13.4. The van der Waals surface area contributed by atoms with Crippen LogP contribution in [0.5, 0.6) is 0 Å². The van der Waals surface area contributed by atoms with Crippen molar-refractivity contribution in [2.75, 3.05) is 19.7 Å². The molecule has 0 unspecified atom stereocenters. The Morgan fingerprint density at radius 2 is 2.00 bits per heavy atom. The Kier molecular flexibility index (Phi) is 2.78. The summed E-state index contributed by atoms with van der Waals surface area (Å²) in [6.07, 6.45) is 1.83. The summed E-state index contributed by atoms with van der Waals surface area (Å²) in [5.41, 5.74) is -0.641. The Labute approximate surface area is 95.9 Å². The lowest BCUT2D eigenvalue weighted by Crippen LogP contribution is -2.44. The van der Waals surface area contributed by atoms with Gasteiger partial charge in [-0.25, -0.2) is 8.78 Å². The molecule has 94 valence electrons. The number of ether oxygens (including phenoxy) is 1. The molecular formula is C12H21F2NO. The lowest BCUT2D eigenvalue weighted by atomic mass is 9.94. The normalized spacial score (nSPS) is 34.3. The third-order valence-corrected chi connectivity index (χ3v) is 3.52. The van der Waals surface area contributed by atoms with Gasteiger partial charge in [-0.3, -0.25) is 4.90 Å². The van der Waals surface area contributed by atoms with Crippen molar-refractivity contribution >= 4 is 0 Å². The second-order valence-corrected chi connectivity index (χ2v) is 6.18. The molecule has 0 aliphatic carbocycles. The maximum atomic E-state index is 13.4. The summed E-state index contributed by atoms with van der Waals surface area (Å²) in [6, 6.07) is 0. The van der Waals surface area contributed by atoms with E-state index in [0.29, 0.717) is 6.61 Å². The first kappa shape index (κ1) is 12.2.